The van der Waals surface area contributed by atoms with Crippen LogP contribution in [0.5, 0.6) is 0 Å². The molecule has 282 valence electrons. The molecule has 0 amide bonds. The van der Waals surface area contributed by atoms with Gasteiger partial charge in [-0.2, -0.15) is 9.97 Å². The average molecular weight is 770 g/mol. The highest BCUT2D eigenvalue weighted by Crippen LogP contribution is 2.53. The molecule has 1 aliphatic carbocycles. The van der Waals surface area contributed by atoms with Gasteiger partial charge in [-0.15, -0.1) is 0 Å². The summed E-state index contributed by atoms with van der Waals surface area (Å²) in [5.41, 5.74) is 13.9. The fourth-order valence-corrected chi connectivity index (χ4v) is 10.2. The lowest BCUT2D eigenvalue weighted by Crippen LogP contribution is -2.15. The number of aromatic nitrogens is 5. The summed E-state index contributed by atoms with van der Waals surface area (Å²) >= 11 is 0. The predicted molar refractivity (Wildman–Crippen MR) is 244 cm³/mol. The van der Waals surface area contributed by atoms with E-state index >= 15 is 0 Å². The highest BCUT2D eigenvalue weighted by molar-refractivity contribution is 6.15. The summed E-state index contributed by atoms with van der Waals surface area (Å²) in [6.07, 6.45) is 0. The Kier molecular flexibility index (Phi) is 6.69. The molecule has 4 heterocycles. The van der Waals surface area contributed by atoms with Crippen molar-refractivity contribution in [1.29, 1.82) is 0 Å². The van der Waals surface area contributed by atoms with E-state index in [1.54, 1.807) is 0 Å². The molecule has 13 rings (SSSR count). The van der Waals surface area contributed by atoms with Gasteiger partial charge in [0.2, 0.25) is 5.95 Å². The minimum Gasteiger partial charge on any atom is -0.455 e. The smallest absolute Gasteiger partial charge is 0.238 e. The number of fused-ring (bicyclic) bond motifs is 13. The van der Waals surface area contributed by atoms with Gasteiger partial charge in [-0.25, -0.2) is 4.98 Å². The van der Waals surface area contributed by atoms with E-state index < -0.39 is 0 Å². The largest absolute Gasteiger partial charge is 0.455 e. The van der Waals surface area contributed by atoms with Gasteiger partial charge in [0.25, 0.3) is 0 Å². The van der Waals surface area contributed by atoms with E-state index in [-0.39, 0.29) is 5.41 Å². The third kappa shape index (κ3) is 4.50. The van der Waals surface area contributed by atoms with Gasteiger partial charge in [0.15, 0.2) is 11.6 Å². The molecule has 4 aromatic heterocycles. The Balaban J connectivity index is 1.06. The van der Waals surface area contributed by atoms with E-state index in [0.29, 0.717) is 17.6 Å². The molecule has 0 radical (unpaired) electrons. The molecule has 0 N–H and O–H groups in total. The van der Waals surface area contributed by atoms with Crippen LogP contribution < -0.4 is 0 Å². The highest BCUT2D eigenvalue weighted by atomic mass is 16.3. The van der Waals surface area contributed by atoms with Gasteiger partial charge in [0, 0.05) is 49.0 Å². The minimum absolute atomic E-state index is 0.157. The lowest BCUT2D eigenvalue weighted by Gasteiger charge is -2.22. The number of benzene rings is 8. The number of hydrogen-bond acceptors (Lipinski definition) is 4. The minimum atomic E-state index is -0.157. The van der Waals surface area contributed by atoms with Crippen LogP contribution in [0.3, 0.4) is 0 Å². The van der Waals surface area contributed by atoms with Gasteiger partial charge < -0.3 is 8.98 Å². The van der Waals surface area contributed by atoms with Crippen LogP contribution in [0.15, 0.2) is 180 Å². The van der Waals surface area contributed by atoms with Crippen molar-refractivity contribution in [1.82, 2.24) is 24.1 Å². The molecule has 0 saturated carbocycles. The zero-order chi connectivity index (χ0) is 39.7. The van der Waals surface area contributed by atoms with E-state index in [0.717, 1.165) is 66.1 Å². The Morgan fingerprint density at radius 3 is 1.87 bits per heavy atom. The molecule has 6 heteroatoms. The molecular weight excluding hydrogens is 735 g/mol. The second-order valence-corrected chi connectivity index (χ2v) is 16.4. The zero-order valence-corrected chi connectivity index (χ0v) is 32.9. The first kappa shape index (κ1) is 33.2. The zero-order valence-electron chi connectivity index (χ0n) is 32.9. The maximum atomic E-state index is 6.56. The summed E-state index contributed by atoms with van der Waals surface area (Å²) in [4.78, 5) is 15.9. The number of hydrogen-bond donors (Lipinski definition) is 0. The quantitative estimate of drug-likeness (QED) is 0.179. The Bertz CT molecular complexity index is 3720. The molecule has 0 atom stereocenters. The van der Waals surface area contributed by atoms with Gasteiger partial charge in [0.05, 0.1) is 27.6 Å². The summed E-state index contributed by atoms with van der Waals surface area (Å²) in [5, 5.41) is 6.90. The van der Waals surface area contributed by atoms with Crippen molar-refractivity contribution >= 4 is 65.6 Å². The lowest BCUT2D eigenvalue weighted by molar-refractivity contribution is 0.666. The SMILES string of the molecule is CC1(C)c2ccccc2-c2ccc3c(c21)c1ccccc1n3-c1cccc(-c2nc(-c3cccc4c3oc3ccccc34)nc(-n3c4ccccc4c4ccccc43)n2)c1. The van der Waals surface area contributed by atoms with Crippen LogP contribution in [0.25, 0.3) is 111 Å². The van der Waals surface area contributed by atoms with Crippen LogP contribution in [0.4, 0.5) is 0 Å². The fraction of sp³-hybridized carbons (Fsp3) is 0.0556. The number of furan rings is 1. The third-order valence-electron chi connectivity index (χ3n) is 12.8. The van der Waals surface area contributed by atoms with Crippen LogP contribution in [0.1, 0.15) is 25.0 Å². The maximum Gasteiger partial charge on any atom is 0.238 e. The topological polar surface area (TPSA) is 61.7 Å². The molecule has 6 nitrogen and oxygen atoms in total. The molecule has 0 aliphatic heterocycles. The van der Waals surface area contributed by atoms with Gasteiger partial charge in [-0.1, -0.05) is 141 Å². The first-order valence-corrected chi connectivity index (χ1v) is 20.5. The third-order valence-corrected chi connectivity index (χ3v) is 12.8. The molecule has 12 aromatic rings. The number of rotatable bonds is 4. The summed E-state index contributed by atoms with van der Waals surface area (Å²) in [6.45, 7) is 4.73. The summed E-state index contributed by atoms with van der Waals surface area (Å²) in [6, 6.07) is 62.2. The van der Waals surface area contributed by atoms with Gasteiger partial charge in [-0.05, 0) is 70.8 Å². The van der Waals surface area contributed by atoms with Crippen molar-refractivity contribution < 1.29 is 4.42 Å². The van der Waals surface area contributed by atoms with Crippen LogP contribution in [0.2, 0.25) is 0 Å². The van der Waals surface area contributed by atoms with Crippen LogP contribution >= 0.6 is 0 Å². The molecule has 0 saturated heterocycles. The Morgan fingerprint density at radius 1 is 0.450 bits per heavy atom. The van der Waals surface area contributed by atoms with E-state index in [9.17, 15) is 0 Å². The highest BCUT2D eigenvalue weighted by Gasteiger charge is 2.38. The monoisotopic (exact) mass is 769 g/mol. The van der Waals surface area contributed by atoms with Gasteiger partial charge >= 0.3 is 0 Å². The Hall–Kier alpha value is -7.83. The Morgan fingerprint density at radius 2 is 1.07 bits per heavy atom. The normalized spacial score (nSPS) is 13.3. The summed E-state index contributed by atoms with van der Waals surface area (Å²) in [7, 11) is 0. The Labute approximate surface area is 344 Å². The molecule has 60 heavy (non-hydrogen) atoms. The predicted octanol–water partition coefficient (Wildman–Crippen LogP) is 13.6. The second kappa shape index (κ2) is 12.1. The van der Waals surface area contributed by atoms with Crippen LogP contribution in [-0.4, -0.2) is 24.1 Å². The number of para-hydroxylation sites is 5. The van der Waals surface area contributed by atoms with Crippen LogP contribution in [0, 0.1) is 0 Å². The second-order valence-electron chi connectivity index (χ2n) is 16.4. The first-order valence-electron chi connectivity index (χ1n) is 20.5. The van der Waals surface area contributed by atoms with E-state index in [1.165, 1.54) is 38.5 Å². The van der Waals surface area contributed by atoms with Crippen molar-refractivity contribution in [2.45, 2.75) is 19.3 Å². The maximum absolute atomic E-state index is 6.56. The molecule has 0 bridgehead atoms. The molecule has 8 aromatic carbocycles. The molecule has 0 spiro atoms. The van der Waals surface area contributed by atoms with E-state index in [1.807, 2.05) is 24.3 Å². The van der Waals surface area contributed by atoms with Gasteiger partial charge in [-0.3, -0.25) is 4.57 Å². The van der Waals surface area contributed by atoms with Crippen molar-refractivity contribution in [3.63, 3.8) is 0 Å². The van der Waals surface area contributed by atoms with Gasteiger partial charge in [0.1, 0.15) is 11.2 Å². The standard InChI is InChI=1S/C54H35N5O/c1-54(2)42-24-8-3-17-34(42)38-29-30-46-48(49(38)54)40-21-6-11-27-45(40)58(46)33-16-13-15-32(31-33)51-55-52(41-23-14-22-39-37-20-7-12-28-47(37)60-50(39)41)57-53(56-51)59-43-25-9-4-18-35(43)36-19-5-10-26-44(36)59/h3-31H,1-2H3. The average Bonchev–Trinajstić information content (AvgIpc) is 4.01. The first-order chi connectivity index (χ1) is 29.5. The number of nitrogens with zero attached hydrogens (tertiary/aromatic N) is 5. The van der Waals surface area contributed by atoms with Crippen LogP contribution in [-0.2, 0) is 5.41 Å². The van der Waals surface area contributed by atoms with Crippen molar-refractivity contribution in [3.8, 4) is 45.5 Å². The summed E-state index contributed by atoms with van der Waals surface area (Å²) in [5.74, 6) is 1.66. The molecule has 0 unspecified atom stereocenters. The lowest BCUT2D eigenvalue weighted by atomic mass is 9.80. The van der Waals surface area contributed by atoms with Crippen molar-refractivity contribution in [2.75, 3.05) is 0 Å². The van der Waals surface area contributed by atoms with E-state index in [2.05, 4.69) is 175 Å². The van der Waals surface area contributed by atoms with E-state index in [4.69, 9.17) is 19.4 Å². The molecule has 1 aliphatic rings. The van der Waals surface area contributed by atoms with Crippen molar-refractivity contribution in [2.24, 2.45) is 0 Å². The molecular formula is C54H35N5O. The molecule has 0 fully saturated rings. The fourth-order valence-electron chi connectivity index (χ4n) is 10.2. The summed E-state index contributed by atoms with van der Waals surface area (Å²) < 4.78 is 11.1. The van der Waals surface area contributed by atoms with Crippen molar-refractivity contribution in [3.05, 3.63) is 187 Å².